The Balaban J connectivity index is 1.96. The Labute approximate surface area is 157 Å². The number of nitrogens with one attached hydrogen (secondary N) is 1. The summed E-state index contributed by atoms with van der Waals surface area (Å²) in [6.07, 6.45) is 6.15. The number of carbonyl (C=O) groups is 3. The van der Waals surface area contributed by atoms with Crippen molar-refractivity contribution in [1.29, 1.82) is 0 Å². The predicted octanol–water partition coefficient (Wildman–Crippen LogP) is -1.09. The van der Waals surface area contributed by atoms with Crippen molar-refractivity contribution in [3.63, 3.8) is 0 Å². The van der Waals surface area contributed by atoms with Gasteiger partial charge in [-0.05, 0) is 0 Å². The van der Waals surface area contributed by atoms with Crippen LogP contribution in [0.25, 0.3) is 5.57 Å². The van der Waals surface area contributed by atoms with Gasteiger partial charge in [0.1, 0.15) is 0 Å². The van der Waals surface area contributed by atoms with Gasteiger partial charge in [0.05, 0.1) is 0 Å². The minimum absolute atomic E-state index is 0.119. The van der Waals surface area contributed by atoms with Gasteiger partial charge in [0.15, 0.2) is 0 Å². The van der Waals surface area contributed by atoms with E-state index < -0.39 is 21.2 Å². The maximum absolute atomic E-state index is 12.8. The molecule has 0 radical (unpaired) electrons. The Hall–Kier alpha value is -1.70. The Kier molecular flexibility index (Phi) is 5.88. The Morgan fingerprint density at radius 2 is 2.08 bits per heavy atom. The summed E-state index contributed by atoms with van der Waals surface area (Å²) in [5, 5.41) is 3.06. The number of halogens is 1. The van der Waals surface area contributed by atoms with E-state index in [0.717, 1.165) is 41.1 Å². The summed E-state index contributed by atoms with van der Waals surface area (Å²) in [6.45, 7) is 0. The van der Waals surface area contributed by atoms with E-state index in [-0.39, 0.29) is 21.7 Å². The molecule has 134 valence electrons. The predicted molar refractivity (Wildman–Crippen MR) is 90.6 cm³/mol. The van der Waals surface area contributed by atoms with E-state index in [1.807, 2.05) is 12.1 Å². The van der Waals surface area contributed by atoms with Crippen LogP contribution in [0.4, 0.5) is 0 Å². The summed E-state index contributed by atoms with van der Waals surface area (Å²) in [7, 11) is 1.59. The van der Waals surface area contributed by atoms with Crippen molar-refractivity contribution in [3.8, 4) is 5.75 Å². The second kappa shape index (κ2) is 8.12. The number of alkyl halides is 1. The maximum atomic E-state index is 12.8. The van der Waals surface area contributed by atoms with Gasteiger partial charge in [-0.1, -0.05) is 0 Å². The molecule has 2 aliphatic rings. The molecular formula is C19H21INO4-. The molecular weight excluding hydrogens is 433 g/mol. The van der Waals surface area contributed by atoms with Crippen molar-refractivity contribution in [1.82, 2.24) is 5.32 Å². The number of amides is 1. The van der Waals surface area contributed by atoms with Gasteiger partial charge in [0, 0.05) is 0 Å². The number of rotatable bonds is 5. The second-order valence-electron chi connectivity index (χ2n) is 6.33. The number of fused-ring (bicyclic) bond motifs is 1. The van der Waals surface area contributed by atoms with Crippen molar-refractivity contribution in [3.05, 3.63) is 35.4 Å². The molecule has 6 heteroatoms. The summed E-state index contributed by atoms with van der Waals surface area (Å²) >= 11 is -0.892. The van der Waals surface area contributed by atoms with Crippen molar-refractivity contribution < 1.29 is 40.3 Å². The zero-order chi connectivity index (χ0) is 17.8. The molecule has 1 aromatic rings. The number of methoxy groups -OCH3 is 1. The van der Waals surface area contributed by atoms with Crippen molar-refractivity contribution in [2.24, 2.45) is 0 Å². The van der Waals surface area contributed by atoms with Crippen LogP contribution in [0.1, 0.15) is 36.8 Å². The number of ether oxygens (including phenoxy) is 1. The molecule has 0 aliphatic heterocycles. The molecule has 1 saturated carbocycles. The van der Waals surface area contributed by atoms with Crippen LogP contribution in [0.5, 0.6) is 5.75 Å². The van der Waals surface area contributed by atoms with Crippen LogP contribution in [0.15, 0.2) is 24.3 Å². The number of benzene rings is 1. The number of ketones is 1. The first-order valence-corrected chi connectivity index (χ1v) is 10.9. The molecule has 1 unspecified atom stereocenters. The quantitative estimate of drug-likeness (QED) is 0.266. The molecule has 1 amide bonds. The summed E-state index contributed by atoms with van der Waals surface area (Å²) in [5.74, 6) is 0.370. The van der Waals surface area contributed by atoms with Crippen LogP contribution < -0.4 is 31.3 Å². The van der Waals surface area contributed by atoms with E-state index in [9.17, 15) is 14.4 Å². The van der Waals surface area contributed by atoms with E-state index in [0.29, 0.717) is 17.7 Å². The van der Waals surface area contributed by atoms with Gasteiger partial charge in [-0.25, -0.2) is 0 Å². The zero-order valence-electron chi connectivity index (χ0n) is 14.1. The standard InChI is InChI=1S/C19H21INO4/c1-25-14-6-7-15-12(8-14)9-17(20-11-22)18(23)10-16(15)19(24)21-13-4-2-3-5-13/h6-8,10-11,13,17H,2-5,9H2,1H3,(H,21,24)/q-1. The number of carbonyl (C=O) groups excluding carboxylic acids is 3. The van der Waals surface area contributed by atoms with Crippen molar-refractivity contribution >= 4 is 21.6 Å². The molecule has 25 heavy (non-hydrogen) atoms. The van der Waals surface area contributed by atoms with Crippen molar-refractivity contribution in [2.45, 2.75) is 42.1 Å². The monoisotopic (exact) mass is 454 g/mol. The van der Waals surface area contributed by atoms with Crippen LogP contribution in [0, 0.1) is 0 Å². The van der Waals surface area contributed by atoms with Gasteiger partial charge in [-0.3, -0.25) is 0 Å². The van der Waals surface area contributed by atoms with E-state index in [4.69, 9.17) is 4.74 Å². The Bertz CT molecular complexity index is 722. The Morgan fingerprint density at radius 1 is 1.32 bits per heavy atom. The van der Waals surface area contributed by atoms with Gasteiger partial charge in [0.25, 0.3) is 0 Å². The van der Waals surface area contributed by atoms with Gasteiger partial charge in [-0.15, -0.1) is 0 Å². The first-order chi connectivity index (χ1) is 12.1. The third-order valence-corrected chi connectivity index (χ3v) is 6.95. The molecule has 1 fully saturated rings. The van der Waals surface area contributed by atoms with E-state index in [1.165, 1.54) is 6.08 Å². The summed E-state index contributed by atoms with van der Waals surface area (Å²) in [4.78, 5) is 36.4. The minimum atomic E-state index is -0.892. The molecule has 1 aromatic carbocycles. The van der Waals surface area contributed by atoms with Crippen LogP contribution >= 0.6 is 0 Å². The molecule has 0 heterocycles. The second-order valence-corrected chi connectivity index (χ2v) is 9.06. The molecule has 2 aliphatic carbocycles. The average molecular weight is 454 g/mol. The fourth-order valence-electron chi connectivity index (χ4n) is 3.42. The van der Waals surface area contributed by atoms with Crippen molar-refractivity contribution in [2.75, 3.05) is 7.11 Å². The van der Waals surface area contributed by atoms with Crippen LogP contribution in [0.3, 0.4) is 0 Å². The topological polar surface area (TPSA) is 72.5 Å². The SMILES string of the molecule is COc1ccc2c(c1)CC([I-]C=O)C(=O)C=C2C(=O)NC1CCCC1. The first-order valence-electron chi connectivity index (χ1n) is 8.41. The number of hydrogen-bond donors (Lipinski definition) is 1. The van der Waals surface area contributed by atoms with Gasteiger partial charge < -0.3 is 0 Å². The molecule has 1 N–H and O–H groups in total. The third kappa shape index (κ3) is 4.11. The van der Waals surface area contributed by atoms with Crippen LogP contribution in [-0.4, -0.2) is 33.1 Å². The summed E-state index contributed by atoms with van der Waals surface area (Å²) in [6, 6.07) is 5.69. The third-order valence-electron chi connectivity index (χ3n) is 4.74. The van der Waals surface area contributed by atoms with Crippen LogP contribution in [-0.2, 0) is 20.8 Å². The molecule has 3 rings (SSSR count). The van der Waals surface area contributed by atoms with E-state index in [2.05, 4.69) is 5.32 Å². The van der Waals surface area contributed by atoms with Gasteiger partial charge >= 0.3 is 158 Å². The van der Waals surface area contributed by atoms with Gasteiger partial charge in [-0.2, -0.15) is 0 Å². The Morgan fingerprint density at radius 3 is 2.76 bits per heavy atom. The van der Waals surface area contributed by atoms with E-state index >= 15 is 0 Å². The number of hydrogen-bond acceptors (Lipinski definition) is 4. The zero-order valence-corrected chi connectivity index (χ0v) is 16.2. The molecule has 5 nitrogen and oxygen atoms in total. The van der Waals surface area contributed by atoms with Crippen LogP contribution in [0.2, 0.25) is 0 Å². The normalized spacial score (nSPS) is 20.6. The number of allylic oxidation sites excluding steroid dienone is 1. The summed E-state index contributed by atoms with van der Waals surface area (Å²) in [5.41, 5.74) is 2.07. The molecule has 1 atom stereocenters. The first kappa shape index (κ1) is 18.1. The average Bonchev–Trinajstić information content (AvgIpc) is 3.07. The molecule has 0 aromatic heterocycles. The molecule has 0 spiro atoms. The molecule has 0 bridgehead atoms. The fraction of sp³-hybridized carbons (Fsp3) is 0.421. The fourth-order valence-corrected chi connectivity index (χ4v) is 5.04. The molecule has 0 saturated heterocycles. The van der Waals surface area contributed by atoms with Gasteiger partial charge in [0.2, 0.25) is 0 Å². The van der Waals surface area contributed by atoms with E-state index in [1.54, 1.807) is 13.2 Å². The summed E-state index contributed by atoms with van der Waals surface area (Å²) < 4.78 is 5.83.